The molecule has 0 saturated heterocycles. The summed E-state index contributed by atoms with van der Waals surface area (Å²) in [6.45, 7) is 1.36. The lowest BCUT2D eigenvalue weighted by atomic mass is 10.2. The van der Waals surface area contributed by atoms with E-state index in [4.69, 9.17) is 4.74 Å². The second-order valence-electron chi connectivity index (χ2n) is 5.18. The first-order chi connectivity index (χ1) is 12.2. The van der Waals surface area contributed by atoms with E-state index < -0.39 is 16.0 Å². The van der Waals surface area contributed by atoms with Crippen LogP contribution in [0.1, 0.15) is 11.8 Å². The Kier molecular flexibility index (Phi) is 6.22. The lowest BCUT2D eigenvalue weighted by Crippen LogP contribution is -2.12. The summed E-state index contributed by atoms with van der Waals surface area (Å²) in [7, 11) is -1.14. The molecule has 0 spiro atoms. The zero-order valence-corrected chi connectivity index (χ0v) is 16.0. The van der Waals surface area contributed by atoms with Gasteiger partial charge in [0.15, 0.2) is 0 Å². The van der Waals surface area contributed by atoms with Crippen LogP contribution in [0.5, 0.6) is 5.75 Å². The fraction of sp³-hybridized carbons (Fsp3) is 0.250. The molecule has 1 aromatic heterocycles. The average molecular weight is 398 g/mol. The number of ether oxygens (including phenoxy) is 2. The van der Waals surface area contributed by atoms with Crippen molar-refractivity contribution in [1.82, 2.24) is 0 Å². The van der Waals surface area contributed by atoms with E-state index in [1.54, 1.807) is 6.07 Å². The smallest absolute Gasteiger partial charge is 0.310 e. The number of anilines is 2. The van der Waals surface area contributed by atoms with Gasteiger partial charge in [-0.3, -0.25) is 14.3 Å². The normalized spacial score (nSPS) is 10.9. The number of carbonyl (C=O) groups excluding carboxylic acids is 2. The van der Waals surface area contributed by atoms with Crippen LogP contribution in [0, 0.1) is 0 Å². The van der Waals surface area contributed by atoms with Crippen LogP contribution in [0.4, 0.5) is 11.4 Å². The predicted octanol–water partition coefficient (Wildman–Crippen LogP) is 2.23. The molecule has 2 N–H and O–H groups in total. The number of carbonyl (C=O) groups is 2. The molecule has 10 heteroatoms. The molecule has 140 valence electrons. The van der Waals surface area contributed by atoms with Crippen LogP contribution in [-0.4, -0.2) is 34.5 Å². The maximum absolute atomic E-state index is 12.5. The summed E-state index contributed by atoms with van der Waals surface area (Å²) in [4.78, 5) is 23.0. The molecule has 0 unspecified atom stereocenters. The number of methoxy groups -OCH3 is 2. The summed E-state index contributed by atoms with van der Waals surface area (Å²) in [5.74, 6) is -0.395. The largest absolute Gasteiger partial charge is 0.494 e. The minimum absolute atomic E-state index is 0.00984. The van der Waals surface area contributed by atoms with E-state index in [1.807, 2.05) is 0 Å². The van der Waals surface area contributed by atoms with Crippen LogP contribution in [0.25, 0.3) is 0 Å². The molecule has 0 aliphatic heterocycles. The van der Waals surface area contributed by atoms with Crippen molar-refractivity contribution in [3.8, 4) is 5.75 Å². The van der Waals surface area contributed by atoms with Gasteiger partial charge in [-0.1, -0.05) is 0 Å². The van der Waals surface area contributed by atoms with Gasteiger partial charge in [0.2, 0.25) is 5.91 Å². The number of amides is 1. The van der Waals surface area contributed by atoms with Crippen molar-refractivity contribution in [3.05, 3.63) is 35.2 Å². The molecule has 26 heavy (non-hydrogen) atoms. The van der Waals surface area contributed by atoms with Gasteiger partial charge in [-0.05, 0) is 24.3 Å². The summed E-state index contributed by atoms with van der Waals surface area (Å²) in [6.07, 6.45) is 0.00984. The molecule has 0 aliphatic rings. The molecule has 0 fully saturated rings. The molecule has 8 nitrogen and oxygen atoms in total. The summed E-state index contributed by atoms with van der Waals surface area (Å²) >= 11 is 0.985. The van der Waals surface area contributed by atoms with Gasteiger partial charge >= 0.3 is 5.97 Å². The third kappa shape index (κ3) is 4.96. The minimum Gasteiger partial charge on any atom is -0.494 e. The first-order valence-electron chi connectivity index (χ1n) is 7.39. The van der Waals surface area contributed by atoms with E-state index in [0.717, 1.165) is 11.3 Å². The van der Waals surface area contributed by atoms with Gasteiger partial charge < -0.3 is 14.8 Å². The van der Waals surface area contributed by atoms with E-state index in [2.05, 4.69) is 14.8 Å². The van der Waals surface area contributed by atoms with Crippen LogP contribution >= 0.6 is 11.3 Å². The Balaban J connectivity index is 2.21. The van der Waals surface area contributed by atoms with Crippen LogP contribution in [0.15, 0.2) is 34.5 Å². The van der Waals surface area contributed by atoms with Gasteiger partial charge in [-0.15, -0.1) is 11.3 Å². The molecule has 0 saturated carbocycles. The molecular weight excluding hydrogens is 380 g/mol. The quantitative estimate of drug-likeness (QED) is 0.692. The zero-order chi connectivity index (χ0) is 19.3. The van der Waals surface area contributed by atoms with Gasteiger partial charge in [0.1, 0.15) is 9.96 Å². The molecule has 1 amide bonds. The lowest BCUT2D eigenvalue weighted by Gasteiger charge is -2.12. The van der Waals surface area contributed by atoms with Crippen molar-refractivity contribution in [3.63, 3.8) is 0 Å². The number of hydrogen-bond donors (Lipinski definition) is 2. The lowest BCUT2D eigenvalue weighted by molar-refractivity contribution is -0.139. The van der Waals surface area contributed by atoms with Crippen molar-refractivity contribution in [2.45, 2.75) is 17.6 Å². The van der Waals surface area contributed by atoms with Crippen LogP contribution in [0.3, 0.4) is 0 Å². The molecule has 0 atom stereocenters. The van der Waals surface area contributed by atoms with Crippen molar-refractivity contribution in [1.29, 1.82) is 0 Å². The van der Waals surface area contributed by atoms with E-state index in [0.29, 0.717) is 16.3 Å². The molecule has 0 aliphatic carbocycles. The molecule has 0 bridgehead atoms. The highest BCUT2D eigenvalue weighted by atomic mass is 32.2. The fourth-order valence-corrected chi connectivity index (χ4v) is 4.46. The molecule has 1 heterocycles. The second-order valence-corrected chi connectivity index (χ2v) is 8.25. The second kappa shape index (κ2) is 8.19. The number of thiophene rings is 1. The first kappa shape index (κ1) is 19.7. The molecule has 2 aromatic rings. The van der Waals surface area contributed by atoms with Crippen LogP contribution in [0.2, 0.25) is 0 Å². The monoisotopic (exact) mass is 398 g/mol. The van der Waals surface area contributed by atoms with Crippen molar-refractivity contribution in [2.24, 2.45) is 0 Å². The van der Waals surface area contributed by atoms with Crippen molar-refractivity contribution < 1.29 is 27.5 Å². The van der Waals surface area contributed by atoms with Gasteiger partial charge in [0.05, 0.1) is 32.0 Å². The summed E-state index contributed by atoms with van der Waals surface area (Å²) in [5, 5.41) is 2.59. The van der Waals surface area contributed by atoms with Gasteiger partial charge in [0.25, 0.3) is 10.0 Å². The number of sulfonamides is 1. The number of rotatable bonds is 7. The Hall–Kier alpha value is -2.59. The van der Waals surface area contributed by atoms with Gasteiger partial charge in [-0.25, -0.2) is 8.42 Å². The topological polar surface area (TPSA) is 111 Å². The maximum atomic E-state index is 12.5. The van der Waals surface area contributed by atoms with E-state index in [1.165, 1.54) is 45.4 Å². The van der Waals surface area contributed by atoms with E-state index in [-0.39, 0.29) is 22.2 Å². The Bertz CT molecular complexity index is 921. The van der Waals surface area contributed by atoms with E-state index >= 15 is 0 Å². The zero-order valence-electron chi connectivity index (χ0n) is 14.4. The molecule has 0 radical (unpaired) electrons. The minimum atomic E-state index is -3.82. The average Bonchev–Trinajstić information content (AvgIpc) is 3.04. The SMILES string of the molecule is COC(=O)Cc1ccc(S(=O)(=O)Nc2ccc(NC(C)=O)c(OC)c2)s1. The number of esters is 1. The van der Waals surface area contributed by atoms with E-state index in [9.17, 15) is 18.0 Å². The molecular formula is C16H18N2O6S2. The Morgan fingerprint density at radius 2 is 1.88 bits per heavy atom. The number of hydrogen-bond acceptors (Lipinski definition) is 7. The predicted molar refractivity (Wildman–Crippen MR) is 98.1 cm³/mol. The summed E-state index contributed by atoms with van der Waals surface area (Å²) < 4.78 is 37.3. The Morgan fingerprint density at radius 1 is 1.15 bits per heavy atom. The summed E-state index contributed by atoms with van der Waals surface area (Å²) in [6, 6.07) is 7.50. The highest BCUT2D eigenvalue weighted by Gasteiger charge is 2.19. The highest BCUT2D eigenvalue weighted by Crippen LogP contribution is 2.30. The highest BCUT2D eigenvalue weighted by molar-refractivity contribution is 7.94. The number of nitrogens with one attached hydrogen (secondary N) is 2. The van der Waals surface area contributed by atoms with Crippen LogP contribution in [-0.2, 0) is 30.8 Å². The molecule has 2 rings (SSSR count). The Morgan fingerprint density at radius 3 is 2.50 bits per heavy atom. The number of benzene rings is 1. The maximum Gasteiger partial charge on any atom is 0.310 e. The standard InChI is InChI=1S/C16H18N2O6S2/c1-10(19)17-13-6-4-11(8-14(13)23-2)18-26(21,22)16-7-5-12(25-16)9-15(20)24-3/h4-8,18H,9H2,1-3H3,(H,17,19). The Labute approximate surface area is 155 Å². The third-order valence-corrected chi connectivity index (χ3v) is 6.17. The summed E-state index contributed by atoms with van der Waals surface area (Å²) in [5.41, 5.74) is 0.707. The van der Waals surface area contributed by atoms with Gasteiger partial charge in [-0.2, -0.15) is 0 Å². The fourth-order valence-electron chi connectivity index (χ4n) is 2.07. The van der Waals surface area contributed by atoms with Crippen LogP contribution < -0.4 is 14.8 Å². The third-order valence-electron chi connectivity index (χ3n) is 3.21. The van der Waals surface area contributed by atoms with Crippen molar-refractivity contribution in [2.75, 3.05) is 24.3 Å². The van der Waals surface area contributed by atoms with Crippen molar-refractivity contribution >= 4 is 44.6 Å². The first-order valence-corrected chi connectivity index (χ1v) is 9.69. The molecule has 1 aromatic carbocycles. The van der Waals surface area contributed by atoms with Gasteiger partial charge in [0, 0.05) is 17.9 Å².